The van der Waals surface area contributed by atoms with Gasteiger partial charge in [0.15, 0.2) is 0 Å². The summed E-state index contributed by atoms with van der Waals surface area (Å²) in [5.74, 6) is 0.958. The summed E-state index contributed by atoms with van der Waals surface area (Å²) in [7, 11) is 0. The minimum absolute atomic E-state index is 0.473. The van der Waals surface area contributed by atoms with Crippen LogP contribution in [-0.4, -0.2) is 23.3 Å². The molecular formula is C14H21N3. The van der Waals surface area contributed by atoms with Crippen LogP contribution in [0.15, 0.2) is 23.3 Å². The van der Waals surface area contributed by atoms with E-state index in [0.29, 0.717) is 6.04 Å². The molecule has 0 bridgehead atoms. The molecule has 0 saturated carbocycles. The molecule has 1 aliphatic rings. The SMILES string of the molecule is CC[C@H](C)Nc1ccc(C2=NCCCC2)cn1. The monoisotopic (exact) mass is 231 g/mol. The van der Waals surface area contributed by atoms with E-state index in [1.54, 1.807) is 0 Å². The van der Waals surface area contributed by atoms with Gasteiger partial charge in [-0.05, 0) is 44.7 Å². The van der Waals surface area contributed by atoms with Crippen LogP contribution in [0.3, 0.4) is 0 Å². The van der Waals surface area contributed by atoms with Crippen LogP contribution in [0.5, 0.6) is 0 Å². The van der Waals surface area contributed by atoms with Gasteiger partial charge >= 0.3 is 0 Å². The quantitative estimate of drug-likeness (QED) is 0.863. The summed E-state index contributed by atoms with van der Waals surface area (Å²) in [6.45, 7) is 5.31. The number of nitrogens with zero attached hydrogens (tertiary/aromatic N) is 2. The summed E-state index contributed by atoms with van der Waals surface area (Å²) in [5.41, 5.74) is 2.40. The Bertz CT molecular complexity index is 381. The Morgan fingerprint density at radius 2 is 2.24 bits per heavy atom. The molecule has 0 saturated heterocycles. The standard InChI is InChI=1S/C14H21N3/c1-3-11(2)17-14-8-7-12(10-16-14)13-6-4-5-9-15-13/h7-8,10-11H,3-6,9H2,1-2H3,(H,16,17)/t11-/m0/s1. The van der Waals surface area contributed by atoms with Crippen molar-refractivity contribution in [3.8, 4) is 0 Å². The summed E-state index contributed by atoms with van der Waals surface area (Å²) in [6.07, 6.45) is 6.63. The zero-order chi connectivity index (χ0) is 12.1. The fourth-order valence-corrected chi connectivity index (χ4v) is 1.94. The predicted molar refractivity (Wildman–Crippen MR) is 72.9 cm³/mol. The molecule has 0 radical (unpaired) electrons. The van der Waals surface area contributed by atoms with E-state index in [2.05, 4.69) is 41.3 Å². The van der Waals surface area contributed by atoms with Gasteiger partial charge < -0.3 is 5.32 Å². The maximum absolute atomic E-state index is 4.56. The van der Waals surface area contributed by atoms with Gasteiger partial charge in [-0.3, -0.25) is 4.99 Å². The van der Waals surface area contributed by atoms with Gasteiger partial charge in [-0.25, -0.2) is 4.98 Å². The first-order valence-corrected chi connectivity index (χ1v) is 6.56. The molecular weight excluding hydrogens is 210 g/mol. The Morgan fingerprint density at radius 1 is 1.35 bits per heavy atom. The second-order valence-corrected chi connectivity index (χ2v) is 4.67. The van der Waals surface area contributed by atoms with Crippen molar-refractivity contribution in [1.82, 2.24) is 4.98 Å². The molecule has 0 fully saturated rings. The molecule has 0 aromatic carbocycles. The lowest BCUT2D eigenvalue weighted by Crippen LogP contribution is -2.15. The molecule has 92 valence electrons. The lowest BCUT2D eigenvalue weighted by Gasteiger charge is -2.14. The fourth-order valence-electron chi connectivity index (χ4n) is 1.94. The third-order valence-corrected chi connectivity index (χ3v) is 3.23. The van der Waals surface area contributed by atoms with Crippen molar-refractivity contribution in [2.24, 2.45) is 4.99 Å². The third kappa shape index (κ3) is 3.29. The topological polar surface area (TPSA) is 37.3 Å². The number of hydrogen-bond donors (Lipinski definition) is 1. The van der Waals surface area contributed by atoms with Crippen molar-refractivity contribution in [3.63, 3.8) is 0 Å². The van der Waals surface area contributed by atoms with Crippen molar-refractivity contribution < 1.29 is 0 Å². The number of anilines is 1. The van der Waals surface area contributed by atoms with E-state index in [-0.39, 0.29) is 0 Å². The Labute approximate surface area is 103 Å². The van der Waals surface area contributed by atoms with Gasteiger partial charge in [0.2, 0.25) is 0 Å². The smallest absolute Gasteiger partial charge is 0.126 e. The summed E-state index contributed by atoms with van der Waals surface area (Å²) in [4.78, 5) is 9.01. The maximum atomic E-state index is 4.56. The van der Waals surface area contributed by atoms with Crippen LogP contribution in [0.2, 0.25) is 0 Å². The molecule has 0 amide bonds. The zero-order valence-electron chi connectivity index (χ0n) is 10.7. The first-order valence-electron chi connectivity index (χ1n) is 6.56. The van der Waals surface area contributed by atoms with Gasteiger partial charge in [0.25, 0.3) is 0 Å². The summed E-state index contributed by atoms with van der Waals surface area (Å²) >= 11 is 0. The average molecular weight is 231 g/mol. The molecule has 1 aromatic heterocycles. The van der Waals surface area contributed by atoms with Crippen LogP contribution in [0.4, 0.5) is 5.82 Å². The fraction of sp³-hybridized carbons (Fsp3) is 0.571. The molecule has 2 rings (SSSR count). The molecule has 3 heteroatoms. The Morgan fingerprint density at radius 3 is 2.82 bits per heavy atom. The van der Waals surface area contributed by atoms with Crippen LogP contribution in [0.25, 0.3) is 0 Å². The first kappa shape index (κ1) is 12.1. The number of pyridine rings is 1. The van der Waals surface area contributed by atoms with Gasteiger partial charge in [0.05, 0.1) is 0 Å². The van der Waals surface area contributed by atoms with E-state index in [1.165, 1.54) is 24.1 Å². The van der Waals surface area contributed by atoms with E-state index >= 15 is 0 Å². The molecule has 17 heavy (non-hydrogen) atoms. The van der Waals surface area contributed by atoms with E-state index in [0.717, 1.165) is 25.2 Å². The minimum atomic E-state index is 0.473. The molecule has 0 unspecified atom stereocenters. The van der Waals surface area contributed by atoms with Crippen LogP contribution in [0, 0.1) is 0 Å². The molecule has 1 aromatic rings. The van der Waals surface area contributed by atoms with Gasteiger partial charge in [-0.1, -0.05) is 6.92 Å². The van der Waals surface area contributed by atoms with Crippen LogP contribution in [0.1, 0.15) is 45.1 Å². The molecule has 1 N–H and O–H groups in total. The summed E-state index contributed by atoms with van der Waals surface area (Å²) < 4.78 is 0. The molecule has 1 aliphatic heterocycles. The third-order valence-electron chi connectivity index (χ3n) is 3.23. The van der Waals surface area contributed by atoms with Crippen molar-refractivity contribution in [3.05, 3.63) is 23.9 Å². The number of rotatable bonds is 4. The van der Waals surface area contributed by atoms with Gasteiger partial charge in [0.1, 0.15) is 5.82 Å². The number of hydrogen-bond acceptors (Lipinski definition) is 3. The lowest BCUT2D eigenvalue weighted by atomic mass is 10.0. The largest absolute Gasteiger partial charge is 0.368 e. The van der Waals surface area contributed by atoms with E-state index in [1.807, 2.05) is 6.20 Å². The highest BCUT2D eigenvalue weighted by Gasteiger charge is 2.08. The Kier molecular flexibility index (Phi) is 4.13. The molecule has 1 atom stereocenters. The Hall–Kier alpha value is -1.38. The van der Waals surface area contributed by atoms with Gasteiger partial charge in [-0.2, -0.15) is 0 Å². The highest BCUT2D eigenvalue weighted by atomic mass is 15.0. The van der Waals surface area contributed by atoms with Crippen molar-refractivity contribution in [1.29, 1.82) is 0 Å². The first-order chi connectivity index (χ1) is 8.29. The van der Waals surface area contributed by atoms with Crippen molar-refractivity contribution >= 4 is 11.5 Å². The number of aliphatic imine (C=N–C) groups is 1. The molecule has 2 heterocycles. The van der Waals surface area contributed by atoms with E-state index in [4.69, 9.17) is 0 Å². The summed E-state index contributed by atoms with van der Waals surface area (Å²) in [5, 5.41) is 3.37. The molecule has 3 nitrogen and oxygen atoms in total. The minimum Gasteiger partial charge on any atom is -0.368 e. The normalized spacial score (nSPS) is 17.4. The van der Waals surface area contributed by atoms with Crippen LogP contribution in [-0.2, 0) is 0 Å². The highest BCUT2D eigenvalue weighted by Crippen LogP contribution is 2.14. The predicted octanol–water partition coefficient (Wildman–Crippen LogP) is 3.27. The van der Waals surface area contributed by atoms with E-state index < -0.39 is 0 Å². The maximum Gasteiger partial charge on any atom is 0.126 e. The zero-order valence-corrected chi connectivity index (χ0v) is 10.7. The van der Waals surface area contributed by atoms with Gasteiger partial charge in [-0.15, -0.1) is 0 Å². The lowest BCUT2D eigenvalue weighted by molar-refractivity contribution is 0.738. The summed E-state index contributed by atoms with van der Waals surface area (Å²) in [6, 6.07) is 4.65. The van der Waals surface area contributed by atoms with Crippen LogP contribution < -0.4 is 5.32 Å². The highest BCUT2D eigenvalue weighted by molar-refractivity contribution is 6.00. The number of aromatic nitrogens is 1. The second-order valence-electron chi connectivity index (χ2n) is 4.67. The Balaban J connectivity index is 2.04. The molecule has 0 aliphatic carbocycles. The second kappa shape index (κ2) is 5.80. The van der Waals surface area contributed by atoms with Gasteiger partial charge in [0, 0.05) is 30.1 Å². The number of nitrogens with one attached hydrogen (secondary N) is 1. The van der Waals surface area contributed by atoms with E-state index in [9.17, 15) is 0 Å². The van der Waals surface area contributed by atoms with Crippen molar-refractivity contribution in [2.75, 3.05) is 11.9 Å². The average Bonchev–Trinajstić information content (AvgIpc) is 2.40. The molecule has 0 spiro atoms. The van der Waals surface area contributed by atoms with Crippen molar-refractivity contribution in [2.45, 2.75) is 45.6 Å². The van der Waals surface area contributed by atoms with Crippen LogP contribution >= 0.6 is 0 Å².